The zero-order valence-corrected chi connectivity index (χ0v) is 11.3. The molecule has 0 aliphatic heterocycles. The summed E-state index contributed by atoms with van der Waals surface area (Å²) in [6.45, 7) is 12.0. The first-order valence-electron chi connectivity index (χ1n) is 6.21. The van der Waals surface area contributed by atoms with Crippen LogP contribution in [-0.2, 0) is 9.53 Å². The number of carbonyl (C=O) groups excluding carboxylic acids is 1. The van der Waals surface area contributed by atoms with Gasteiger partial charge in [-0.25, -0.2) is 0 Å². The topological polar surface area (TPSA) is 26.3 Å². The van der Waals surface area contributed by atoms with Crippen LogP contribution in [0.2, 0.25) is 0 Å². The predicted octanol–water partition coefficient (Wildman–Crippen LogP) is 4.10. The largest absolute Gasteiger partial charge is 0.461 e. The summed E-state index contributed by atoms with van der Waals surface area (Å²) in [5, 5.41) is 0. The highest BCUT2D eigenvalue weighted by Gasteiger charge is 2.28. The van der Waals surface area contributed by atoms with Gasteiger partial charge in [0.15, 0.2) is 0 Å². The summed E-state index contributed by atoms with van der Waals surface area (Å²) in [4.78, 5) is 11.8. The molecule has 0 fully saturated rings. The maximum atomic E-state index is 11.8. The molecule has 0 unspecified atom stereocenters. The smallest absolute Gasteiger partial charge is 0.311 e. The van der Waals surface area contributed by atoms with Crippen molar-refractivity contribution in [3.63, 3.8) is 0 Å². The highest BCUT2D eigenvalue weighted by molar-refractivity contribution is 5.75. The lowest BCUT2D eigenvalue weighted by Gasteiger charge is -2.22. The van der Waals surface area contributed by atoms with Gasteiger partial charge in [0.1, 0.15) is 6.61 Å². The third kappa shape index (κ3) is 6.65. The molecule has 0 spiro atoms. The van der Waals surface area contributed by atoms with E-state index in [0.717, 1.165) is 18.4 Å². The van der Waals surface area contributed by atoms with E-state index in [-0.39, 0.29) is 11.4 Å². The lowest BCUT2D eigenvalue weighted by Crippen LogP contribution is -2.27. The van der Waals surface area contributed by atoms with Crippen LogP contribution in [0, 0.1) is 5.41 Å². The van der Waals surface area contributed by atoms with Crippen molar-refractivity contribution in [1.29, 1.82) is 0 Å². The third-order valence-electron chi connectivity index (χ3n) is 2.66. The number of unbranched alkanes of at least 4 members (excludes halogenated alkanes) is 3. The molecule has 0 aromatic rings. The number of hydrogen-bond acceptors (Lipinski definition) is 2. The van der Waals surface area contributed by atoms with Crippen molar-refractivity contribution >= 4 is 5.97 Å². The molecule has 0 aromatic carbocycles. The van der Waals surface area contributed by atoms with E-state index in [1.807, 2.05) is 20.8 Å². The van der Waals surface area contributed by atoms with Crippen LogP contribution in [0.5, 0.6) is 0 Å². The Morgan fingerprint density at radius 3 is 2.38 bits per heavy atom. The van der Waals surface area contributed by atoms with E-state index in [4.69, 9.17) is 4.74 Å². The molecule has 0 radical (unpaired) electrons. The fourth-order valence-electron chi connectivity index (χ4n) is 1.48. The Morgan fingerprint density at radius 1 is 1.25 bits per heavy atom. The van der Waals surface area contributed by atoms with Crippen LogP contribution in [-0.4, -0.2) is 12.6 Å². The van der Waals surface area contributed by atoms with Crippen LogP contribution in [0.25, 0.3) is 0 Å². The lowest BCUT2D eigenvalue weighted by atomic mass is 9.87. The van der Waals surface area contributed by atoms with E-state index in [2.05, 4.69) is 13.5 Å². The molecular formula is C14H26O2. The Morgan fingerprint density at radius 2 is 1.88 bits per heavy atom. The number of carbonyl (C=O) groups is 1. The Labute approximate surface area is 100 Å². The molecule has 0 bridgehead atoms. The standard InChI is InChI=1S/C14H26O2/c1-6-7-8-9-10-14(4,5)13(15)16-11-12(2)3/h2,6-11H2,1,3-5H3. The average Bonchev–Trinajstić information content (AvgIpc) is 2.20. The first-order valence-corrected chi connectivity index (χ1v) is 6.21. The van der Waals surface area contributed by atoms with Gasteiger partial charge in [-0.2, -0.15) is 0 Å². The van der Waals surface area contributed by atoms with Gasteiger partial charge in [-0.15, -0.1) is 0 Å². The van der Waals surface area contributed by atoms with Crippen molar-refractivity contribution in [2.24, 2.45) is 5.41 Å². The van der Waals surface area contributed by atoms with Gasteiger partial charge in [-0.05, 0) is 32.8 Å². The van der Waals surface area contributed by atoms with Crippen LogP contribution in [0.4, 0.5) is 0 Å². The van der Waals surface area contributed by atoms with Gasteiger partial charge in [-0.3, -0.25) is 4.79 Å². The Kier molecular flexibility index (Phi) is 7.11. The minimum Gasteiger partial charge on any atom is -0.461 e. The number of ether oxygens (including phenoxy) is 1. The van der Waals surface area contributed by atoms with Crippen LogP contribution in [0.3, 0.4) is 0 Å². The number of rotatable bonds is 8. The van der Waals surface area contributed by atoms with Crippen molar-refractivity contribution in [3.8, 4) is 0 Å². The maximum absolute atomic E-state index is 11.8. The lowest BCUT2D eigenvalue weighted by molar-refractivity contribution is -0.153. The molecule has 2 heteroatoms. The van der Waals surface area contributed by atoms with Crippen LogP contribution in [0.15, 0.2) is 12.2 Å². The summed E-state index contributed by atoms with van der Waals surface area (Å²) >= 11 is 0. The second-order valence-electron chi connectivity index (χ2n) is 5.23. The van der Waals surface area contributed by atoms with Crippen molar-refractivity contribution in [3.05, 3.63) is 12.2 Å². The van der Waals surface area contributed by atoms with Crippen LogP contribution < -0.4 is 0 Å². The molecule has 2 nitrogen and oxygen atoms in total. The fraction of sp³-hybridized carbons (Fsp3) is 0.786. The molecule has 0 aliphatic carbocycles. The summed E-state index contributed by atoms with van der Waals surface area (Å²) in [6.07, 6.45) is 5.68. The molecule has 0 aliphatic rings. The molecular weight excluding hydrogens is 200 g/mol. The SMILES string of the molecule is C=C(C)COC(=O)C(C)(C)CCCCCC. The van der Waals surface area contributed by atoms with Gasteiger partial charge >= 0.3 is 5.97 Å². The minimum absolute atomic E-state index is 0.105. The van der Waals surface area contributed by atoms with Gasteiger partial charge in [0.2, 0.25) is 0 Å². The van der Waals surface area contributed by atoms with E-state index < -0.39 is 0 Å². The highest BCUT2D eigenvalue weighted by Crippen LogP contribution is 2.25. The Bertz CT molecular complexity index is 229. The molecule has 0 amide bonds. The monoisotopic (exact) mass is 226 g/mol. The fourth-order valence-corrected chi connectivity index (χ4v) is 1.48. The van der Waals surface area contributed by atoms with Crippen molar-refractivity contribution < 1.29 is 9.53 Å². The quantitative estimate of drug-likeness (QED) is 0.354. The molecule has 16 heavy (non-hydrogen) atoms. The van der Waals surface area contributed by atoms with E-state index in [1.165, 1.54) is 19.3 Å². The van der Waals surface area contributed by atoms with Crippen molar-refractivity contribution in [2.75, 3.05) is 6.61 Å². The second-order valence-corrected chi connectivity index (χ2v) is 5.23. The van der Waals surface area contributed by atoms with Crippen LogP contribution >= 0.6 is 0 Å². The first-order chi connectivity index (χ1) is 7.40. The van der Waals surface area contributed by atoms with E-state index in [0.29, 0.717) is 6.61 Å². The molecule has 0 rings (SSSR count). The summed E-state index contributed by atoms with van der Waals surface area (Å²) in [7, 11) is 0. The summed E-state index contributed by atoms with van der Waals surface area (Å²) in [5.41, 5.74) is 0.526. The van der Waals surface area contributed by atoms with Gasteiger partial charge < -0.3 is 4.74 Å². The van der Waals surface area contributed by atoms with E-state index in [9.17, 15) is 4.79 Å². The van der Waals surface area contributed by atoms with Gasteiger partial charge in [0, 0.05) is 0 Å². The van der Waals surface area contributed by atoms with E-state index >= 15 is 0 Å². The minimum atomic E-state index is -0.358. The molecule has 94 valence electrons. The van der Waals surface area contributed by atoms with Crippen molar-refractivity contribution in [1.82, 2.24) is 0 Å². The van der Waals surface area contributed by atoms with Gasteiger partial charge in [-0.1, -0.05) is 39.2 Å². The van der Waals surface area contributed by atoms with Crippen molar-refractivity contribution in [2.45, 2.75) is 59.8 Å². The molecule has 0 saturated carbocycles. The normalized spacial score (nSPS) is 11.2. The summed E-state index contributed by atoms with van der Waals surface area (Å²) in [6, 6.07) is 0. The maximum Gasteiger partial charge on any atom is 0.311 e. The molecule has 0 saturated heterocycles. The predicted molar refractivity (Wildman–Crippen MR) is 68.3 cm³/mol. The summed E-state index contributed by atoms with van der Waals surface area (Å²) in [5.74, 6) is -0.105. The third-order valence-corrected chi connectivity index (χ3v) is 2.66. The Balaban J connectivity index is 3.90. The number of hydrogen-bond donors (Lipinski definition) is 0. The van der Waals surface area contributed by atoms with Gasteiger partial charge in [0.25, 0.3) is 0 Å². The zero-order valence-electron chi connectivity index (χ0n) is 11.3. The Hall–Kier alpha value is -0.790. The summed E-state index contributed by atoms with van der Waals surface area (Å²) < 4.78 is 5.19. The van der Waals surface area contributed by atoms with Gasteiger partial charge in [0.05, 0.1) is 5.41 Å². The molecule has 0 atom stereocenters. The van der Waals surface area contributed by atoms with Crippen LogP contribution in [0.1, 0.15) is 59.8 Å². The zero-order chi connectivity index (χ0) is 12.6. The first kappa shape index (κ1) is 15.2. The molecule has 0 aromatic heterocycles. The highest BCUT2D eigenvalue weighted by atomic mass is 16.5. The molecule has 0 N–H and O–H groups in total. The van der Waals surface area contributed by atoms with E-state index in [1.54, 1.807) is 0 Å². The number of esters is 1. The average molecular weight is 226 g/mol. The molecule has 0 heterocycles. The second kappa shape index (κ2) is 7.48.